The number of hydrogen-bond donors (Lipinski definition) is 1. The minimum atomic E-state index is -0.217. The van der Waals surface area contributed by atoms with Crippen LogP contribution in [0.15, 0.2) is 35.7 Å². The summed E-state index contributed by atoms with van der Waals surface area (Å²) in [4.78, 5) is 27.1. The molecule has 26 heavy (non-hydrogen) atoms. The van der Waals surface area contributed by atoms with Crippen LogP contribution >= 0.6 is 11.3 Å². The normalized spacial score (nSPS) is 16.4. The van der Waals surface area contributed by atoms with Crippen LogP contribution in [-0.4, -0.2) is 44.0 Å². The molecule has 1 atom stereocenters. The maximum atomic E-state index is 12.7. The standard InChI is InChI=1S/C19H22N2O4S/c1-24-13-7-8-14(16(11-13)25-2)15-5-3-9-21(15)18(22)12-20-19(23)17-6-4-10-26-17/h4,6-8,10-11,15H,3,5,9,12H2,1-2H3,(H,20,23)/t15-/m1/s1. The zero-order valence-corrected chi connectivity index (χ0v) is 15.7. The Labute approximate surface area is 156 Å². The molecular formula is C19H22N2O4S. The second kappa shape index (κ2) is 8.23. The van der Waals surface area contributed by atoms with Crippen LogP contribution < -0.4 is 14.8 Å². The van der Waals surface area contributed by atoms with Crippen molar-refractivity contribution in [2.24, 2.45) is 0 Å². The van der Waals surface area contributed by atoms with Gasteiger partial charge in [0.15, 0.2) is 0 Å². The van der Waals surface area contributed by atoms with Gasteiger partial charge in [-0.1, -0.05) is 6.07 Å². The van der Waals surface area contributed by atoms with Gasteiger partial charge in [-0.2, -0.15) is 0 Å². The van der Waals surface area contributed by atoms with Crippen molar-refractivity contribution in [3.8, 4) is 11.5 Å². The van der Waals surface area contributed by atoms with E-state index in [1.807, 2.05) is 34.5 Å². The molecule has 1 aliphatic heterocycles. The molecule has 1 aliphatic rings. The van der Waals surface area contributed by atoms with Gasteiger partial charge in [-0.3, -0.25) is 9.59 Å². The Kier molecular flexibility index (Phi) is 5.78. The smallest absolute Gasteiger partial charge is 0.261 e. The van der Waals surface area contributed by atoms with E-state index in [0.29, 0.717) is 22.9 Å². The maximum absolute atomic E-state index is 12.7. The average Bonchev–Trinajstić information content (AvgIpc) is 3.37. The number of nitrogens with one attached hydrogen (secondary N) is 1. The predicted molar refractivity (Wildman–Crippen MR) is 99.9 cm³/mol. The molecule has 2 amide bonds. The van der Waals surface area contributed by atoms with Crippen LogP contribution in [-0.2, 0) is 4.79 Å². The lowest BCUT2D eigenvalue weighted by molar-refractivity contribution is -0.131. The minimum Gasteiger partial charge on any atom is -0.497 e. The van der Waals surface area contributed by atoms with E-state index in [0.717, 1.165) is 18.4 Å². The topological polar surface area (TPSA) is 67.9 Å². The highest BCUT2D eigenvalue weighted by molar-refractivity contribution is 7.12. The Bertz CT molecular complexity index is 776. The fourth-order valence-corrected chi connectivity index (χ4v) is 3.87. The number of carbonyl (C=O) groups excluding carboxylic acids is 2. The summed E-state index contributed by atoms with van der Waals surface area (Å²) in [5.41, 5.74) is 0.962. The van der Waals surface area contributed by atoms with Gasteiger partial charge in [-0.15, -0.1) is 11.3 Å². The van der Waals surface area contributed by atoms with E-state index in [1.54, 1.807) is 20.3 Å². The van der Waals surface area contributed by atoms with Gasteiger partial charge < -0.3 is 19.7 Å². The van der Waals surface area contributed by atoms with E-state index in [-0.39, 0.29) is 24.4 Å². The summed E-state index contributed by atoms with van der Waals surface area (Å²) in [5, 5.41) is 4.55. The summed E-state index contributed by atoms with van der Waals surface area (Å²) >= 11 is 1.36. The number of likely N-dealkylation sites (tertiary alicyclic amines) is 1. The molecule has 0 aliphatic carbocycles. The van der Waals surface area contributed by atoms with Crippen LogP contribution in [0.2, 0.25) is 0 Å². The van der Waals surface area contributed by atoms with Gasteiger partial charge in [0.25, 0.3) is 5.91 Å². The highest BCUT2D eigenvalue weighted by Gasteiger charge is 2.32. The molecule has 1 aromatic carbocycles. The summed E-state index contributed by atoms with van der Waals surface area (Å²) in [6, 6.07) is 9.14. The molecule has 1 fully saturated rings. The molecule has 3 rings (SSSR count). The monoisotopic (exact) mass is 374 g/mol. The third-order valence-corrected chi connectivity index (χ3v) is 5.39. The molecule has 1 aromatic heterocycles. The quantitative estimate of drug-likeness (QED) is 0.844. The van der Waals surface area contributed by atoms with Crippen LogP contribution in [0.25, 0.3) is 0 Å². The zero-order chi connectivity index (χ0) is 18.5. The van der Waals surface area contributed by atoms with Crippen molar-refractivity contribution in [3.63, 3.8) is 0 Å². The van der Waals surface area contributed by atoms with Crippen LogP contribution in [0.5, 0.6) is 11.5 Å². The molecular weight excluding hydrogens is 352 g/mol. The first kappa shape index (κ1) is 18.3. The third kappa shape index (κ3) is 3.83. The predicted octanol–water partition coefficient (Wildman–Crippen LogP) is 2.86. The average molecular weight is 374 g/mol. The summed E-state index contributed by atoms with van der Waals surface area (Å²) < 4.78 is 10.7. The van der Waals surface area contributed by atoms with Crippen molar-refractivity contribution in [1.29, 1.82) is 0 Å². The summed E-state index contributed by atoms with van der Waals surface area (Å²) in [5.74, 6) is 1.11. The van der Waals surface area contributed by atoms with Crippen molar-refractivity contribution in [2.45, 2.75) is 18.9 Å². The number of carbonyl (C=O) groups is 2. The second-order valence-electron chi connectivity index (χ2n) is 6.01. The Morgan fingerprint density at radius 2 is 2.12 bits per heavy atom. The molecule has 138 valence electrons. The highest BCUT2D eigenvalue weighted by Crippen LogP contribution is 2.38. The van der Waals surface area contributed by atoms with Crippen molar-refractivity contribution < 1.29 is 19.1 Å². The van der Waals surface area contributed by atoms with Crippen molar-refractivity contribution in [1.82, 2.24) is 10.2 Å². The number of rotatable bonds is 6. The summed E-state index contributed by atoms with van der Waals surface area (Å²) in [6.07, 6.45) is 1.79. The Balaban J connectivity index is 1.69. The number of amides is 2. The van der Waals surface area contributed by atoms with E-state index in [9.17, 15) is 9.59 Å². The van der Waals surface area contributed by atoms with E-state index in [4.69, 9.17) is 9.47 Å². The van der Waals surface area contributed by atoms with E-state index in [1.165, 1.54) is 11.3 Å². The van der Waals surface area contributed by atoms with E-state index >= 15 is 0 Å². The van der Waals surface area contributed by atoms with Gasteiger partial charge in [0.05, 0.1) is 31.7 Å². The first-order valence-corrected chi connectivity index (χ1v) is 9.35. The largest absolute Gasteiger partial charge is 0.497 e. The molecule has 0 saturated carbocycles. The number of ether oxygens (including phenoxy) is 2. The van der Waals surface area contributed by atoms with Gasteiger partial charge in [-0.05, 0) is 36.4 Å². The van der Waals surface area contributed by atoms with Gasteiger partial charge >= 0.3 is 0 Å². The second-order valence-corrected chi connectivity index (χ2v) is 6.96. The summed E-state index contributed by atoms with van der Waals surface area (Å²) in [7, 11) is 3.22. The maximum Gasteiger partial charge on any atom is 0.261 e. The first-order valence-electron chi connectivity index (χ1n) is 8.47. The lowest BCUT2D eigenvalue weighted by atomic mass is 10.0. The first-order chi connectivity index (χ1) is 12.6. The van der Waals surface area contributed by atoms with Gasteiger partial charge in [0.1, 0.15) is 11.5 Å². The van der Waals surface area contributed by atoms with Crippen LogP contribution in [0, 0.1) is 0 Å². The van der Waals surface area contributed by atoms with Gasteiger partial charge in [0.2, 0.25) is 5.91 Å². The minimum absolute atomic E-state index is 0.00823. The number of nitrogens with zero attached hydrogens (tertiary/aromatic N) is 1. The SMILES string of the molecule is COc1ccc([C@H]2CCCN2C(=O)CNC(=O)c2cccs2)c(OC)c1. The fourth-order valence-electron chi connectivity index (χ4n) is 3.23. The van der Waals surface area contributed by atoms with Crippen LogP contribution in [0.4, 0.5) is 0 Å². The Morgan fingerprint density at radius 1 is 1.27 bits per heavy atom. The van der Waals surface area contributed by atoms with Gasteiger partial charge in [-0.25, -0.2) is 0 Å². The molecule has 0 radical (unpaired) electrons. The molecule has 1 N–H and O–H groups in total. The molecule has 2 aromatic rings. The third-order valence-electron chi connectivity index (χ3n) is 4.52. The number of benzene rings is 1. The van der Waals surface area contributed by atoms with E-state index < -0.39 is 0 Å². The van der Waals surface area contributed by atoms with Crippen molar-refractivity contribution >= 4 is 23.2 Å². The lowest BCUT2D eigenvalue weighted by Gasteiger charge is -2.26. The van der Waals surface area contributed by atoms with Gasteiger partial charge in [0, 0.05) is 18.2 Å². The van der Waals surface area contributed by atoms with Crippen LogP contribution in [0.3, 0.4) is 0 Å². The van der Waals surface area contributed by atoms with Crippen molar-refractivity contribution in [2.75, 3.05) is 27.3 Å². The molecule has 1 saturated heterocycles. The Morgan fingerprint density at radius 3 is 2.81 bits per heavy atom. The fraction of sp³-hybridized carbons (Fsp3) is 0.368. The highest BCUT2D eigenvalue weighted by atomic mass is 32.1. The molecule has 0 spiro atoms. The molecule has 0 unspecified atom stereocenters. The molecule has 0 bridgehead atoms. The van der Waals surface area contributed by atoms with Crippen LogP contribution in [0.1, 0.15) is 34.1 Å². The lowest BCUT2D eigenvalue weighted by Crippen LogP contribution is -2.39. The van der Waals surface area contributed by atoms with E-state index in [2.05, 4.69) is 5.32 Å². The molecule has 7 heteroatoms. The number of methoxy groups -OCH3 is 2. The molecule has 6 nitrogen and oxygen atoms in total. The number of thiophene rings is 1. The number of hydrogen-bond acceptors (Lipinski definition) is 5. The van der Waals surface area contributed by atoms with Crippen molar-refractivity contribution in [3.05, 3.63) is 46.2 Å². The Hall–Kier alpha value is -2.54. The molecule has 2 heterocycles. The summed E-state index contributed by atoms with van der Waals surface area (Å²) in [6.45, 7) is 0.666. The zero-order valence-electron chi connectivity index (χ0n) is 14.9.